The Kier molecular flexibility index (Phi) is 2.45. The van der Waals surface area contributed by atoms with E-state index >= 15 is 0 Å². The van der Waals surface area contributed by atoms with Crippen molar-refractivity contribution in [2.75, 3.05) is 13.2 Å². The van der Waals surface area contributed by atoms with Gasteiger partial charge in [-0.3, -0.25) is 0 Å². The standard InChI is InChI=1S/C6H13NO2/c8-4-3-7-5-1-2-6(5)9/h5-9H,1-4H2. The minimum atomic E-state index is -0.170. The van der Waals surface area contributed by atoms with Crippen LogP contribution in [0.2, 0.25) is 0 Å². The van der Waals surface area contributed by atoms with Crippen molar-refractivity contribution in [1.82, 2.24) is 5.32 Å². The minimum absolute atomic E-state index is 0.156. The van der Waals surface area contributed by atoms with E-state index in [0.717, 1.165) is 12.8 Å². The summed E-state index contributed by atoms with van der Waals surface area (Å²) in [7, 11) is 0. The molecule has 0 aromatic carbocycles. The van der Waals surface area contributed by atoms with Crippen LogP contribution in [-0.4, -0.2) is 35.5 Å². The van der Waals surface area contributed by atoms with Crippen molar-refractivity contribution in [3.05, 3.63) is 0 Å². The molecule has 1 rings (SSSR count). The number of hydrogen-bond acceptors (Lipinski definition) is 3. The van der Waals surface area contributed by atoms with Gasteiger partial charge in [0, 0.05) is 12.6 Å². The highest BCUT2D eigenvalue weighted by Crippen LogP contribution is 2.18. The first-order chi connectivity index (χ1) is 4.34. The van der Waals surface area contributed by atoms with E-state index in [2.05, 4.69) is 5.32 Å². The molecule has 1 fully saturated rings. The van der Waals surface area contributed by atoms with E-state index in [1.807, 2.05) is 0 Å². The summed E-state index contributed by atoms with van der Waals surface area (Å²) in [5.41, 5.74) is 0. The monoisotopic (exact) mass is 131 g/mol. The van der Waals surface area contributed by atoms with E-state index in [1.54, 1.807) is 0 Å². The van der Waals surface area contributed by atoms with Gasteiger partial charge in [0.25, 0.3) is 0 Å². The second kappa shape index (κ2) is 3.15. The van der Waals surface area contributed by atoms with Gasteiger partial charge in [-0.25, -0.2) is 0 Å². The van der Waals surface area contributed by atoms with E-state index < -0.39 is 0 Å². The van der Waals surface area contributed by atoms with Gasteiger partial charge in [-0.05, 0) is 12.8 Å². The Morgan fingerprint density at radius 2 is 2.22 bits per heavy atom. The Labute approximate surface area is 54.7 Å². The molecule has 0 amide bonds. The summed E-state index contributed by atoms with van der Waals surface area (Å²) < 4.78 is 0. The maximum atomic E-state index is 8.99. The van der Waals surface area contributed by atoms with Crippen molar-refractivity contribution in [1.29, 1.82) is 0 Å². The molecule has 0 radical (unpaired) electrons. The second-order valence-corrected chi connectivity index (χ2v) is 2.43. The molecule has 0 heterocycles. The fourth-order valence-electron chi connectivity index (χ4n) is 0.970. The van der Waals surface area contributed by atoms with E-state index in [-0.39, 0.29) is 18.8 Å². The third kappa shape index (κ3) is 1.64. The maximum absolute atomic E-state index is 8.99. The van der Waals surface area contributed by atoms with Gasteiger partial charge >= 0.3 is 0 Å². The molecular formula is C6H13NO2. The lowest BCUT2D eigenvalue weighted by Gasteiger charge is -2.32. The molecule has 0 aromatic rings. The predicted molar refractivity (Wildman–Crippen MR) is 34.1 cm³/mol. The molecule has 3 N–H and O–H groups in total. The van der Waals surface area contributed by atoms with E-state index in [4.69, 9.17) is 10.2 Å². The second-order valence-electron chi connectivity index (χ2n) is 2.43. The van der Waals surface area contributed by atoms with Crippen molar-refractivity contribution in [2.24, 2.45) is 0 Å². The first-order valence-electron chi connectivity index (χ1n) is 3.37. The SMILES string of the molecule is OCCNC1CCC1O. The van der Waals surface area contributed by atoms with Crippen molar-refractivity contribution in [2.45, 2.75) is 25.0 Å². The molecule has 0 bridgehead atoms. The molecular weight excluding hydrogens is 118 g/mol. The highest BCUT2D eigenvalue weighted by molar-refractivity contribution is 4.85. The van der Waals surface area contributed by atoms with Crippen molar-refractivity contribution < 1.29 is 10.2 Å². The molecule has 1 saturated carbocycles. The third-order valence-electron chi connectivity index (χ3n) is 1.76. The van der Waals surface area contributed by atoms with Crippen LogP contribution in [0, 0.1) is 0 Å². The van der Waals surface area contributed by atoms with Gasteiger partial charge in [0.05, 0.1) is 12.7 Å². The lowest BCUT2D eigenvalue weighted by atomic mass is 9.89. The van der Waals surface area contributed by atoms with Gasteiger partial charge in [-0.2, -0.15) is 0 Å². The van der Waals surface area contributed by atoms with Crippen molar-refractivity contribution in [3.63, 3.8) is 0 Å². The molecule has 3 heteroatoms. The summed E-state index contributed by atoms with van der Waals surface area (Å²) >= 11 is 0. The quantitative estimate of drug-likeness (QED) is 0.465. The summed E-state index contributed by atoms with van der Waals surface area (Å²) in [5, 5.41) is 20.4. The summed E-state index contributed by atoms with van der Waals surface area (Å²) in [6, 6.07) is 0.247. The zero-order valence-corrected chi connectivity index (χ0v) is 5.38. The smallest absolute Gasteiger partial charge is 0.0693 e. The Morgan fingerprint density at radius 1 is 1.44 bits per heavy atom. The molecule has 2 unspecified atom stereocenters. The maximum Gasteiger partial charge on any atom is 0.0693 e. The fourth-order valence-corrected chi connectivity index (χ4v) is 0.970. The Bertz CT molecular complexity index is 87.1. The average molecular weight is 131 g/mol. The molecule has 2 atom stereocenters. The fraction of sp³-hybridized carbons (Fsp3) is 1.00. The van der Waals surface area contributed by atoms with E-state index in [1.165, 1.54) is 0 Å². The molecule has 0 saturated heterocycles. The van der Waals surface area contributed by atoms with Crippen LogP contribution in [0.15, 0.2) is 0 Å². The van der Waals surface area contributed by atoms with Crippen LogP contribution in [-0.2, 0) is 0 Å². The zero-order chi connectivity index (χ0) is 6.69. The number of hydrogen-bond donors (Lipinski definition) is 3. The van der Waals surface area contributed by atoms with Gasteiger partial charge in [0.15, 0.2) is 0 Å². The molecule has 9 heavy (non-hydrogen) atoms. The van der Waals surface area contributed by atoms with E-state index in [0.29, 0.717) is 6.54 Å². The number of rotatable bonds is 3. The van der Waals surface area contributed by atoms with E-state index in [9.17, 15) is 0 Å². The van der Waals surface area contributed by atoms with Crippen LogP contribution in [0.4, 0.5) is 0 Å². The average Bonchev–Trinajstić information content (AvgIpc) is 1.86. The molecule has 1 aliphatic carbocycles. The molecule has 54 valence electrons. The van der Waals surface area contributed by atoms with Crippen LogP contribution in [0.25, 0.3) is 0 Å². The first kappa shape index (κ1) is 6.99. The topological polar surface area (TPSA) is 52.5 Å². The summed E-state index contributed by atoms with van der Waals surface area (Å²) in [6.45, 7) is 0.755. The first-order valence-corrected chi connectivity index (χ1v) is 3.37. The van der Waals surface area contributed by atoms with Crippen molar-refractivity contribution >= 4 is 0 Å². The third-order valence-corrected chi connectivity index (χ3v) is 1.76. The predicted octanol–water partition coefficient (Wildman–Crippen LogP) is -0.908. The Hall–Kier alpha value is -0.120. The lowest BCUT2D eigenvalue weighted by Crippen LogP contribution is -2.48. The number of nitrogens with one attached hydrogen (secondary N) is 1. The molecule has 1 aliphatic rings. The Morgan fingerprint density at radius 3 is 2.56 bits per heavy atom. The van der Waals surface area contributed by atoms with Gasteiger partial charge in [-0.15, -0.1) is 0 Å². The lowest BCUT2D eigenvalue weighted by molar-refractivity contribution is 0.0480. The van der Waals surface area contributed by atoms with Crippen molar-refractivity contribution in [3.8, 4) is 0 Å². The largest absolute Gasteiger partial charge is 0.395 e. The van der Waals surface area contributed by atoms with Gasteiger partial charge in [0.1, 0.15) is 0 Å². The van der Waals surface area contributed by atoms with Crippen LogP contribution in [0.1, 0.15) is 12.8 Å². The molecule has 0 aliphatic heterocycles. The number of aliphatic hydroxyl groups excluding tert-OH is 2. The van der Waals surface area contributed by atoms with Crippen LogP contribution in [0.5, 0.6) is 0 Å². The van der Waals surface area contributed by atoms with Gasteiger partial charge in [0.2, 0.25) is 0 Å². The summed E-state index contributed by atoms with van der Waals surface area (Å²) in [5.74, 6) is 0. The highest BCUT2D eigenvalue weighted by atomic mass is 16.3. The highest BCUT2D eigenvalue weighted by Gasteiger charge is 2.27. The normalized spacial score (nSPS) is 34.0. The molecule has 3 nitrogen and oxygen atoms in total. The minimum Gasteiger partial charge on any atom is -0.395 e. The van der Waals surface area contributed by atoms with Gasteiger partial charge in [-0.1, -0.05) is 0 Å². The van der Waals surface area contributed by atoms with Crippen LogP contribution in [0.3, 0.4) is 0 Å². The number of aliphatic hydroxyl groups is 2. The zero-order valence-electron chi connectivity index (χ0n) is 5.38. The molecule has 0 spiro atoms. The van der Waals surface area contributed by atoms with Crippen LogP contribution >= 0.6 is 0 Å². The Balaban J connectivity index is 1.99. The summed E-state index contributed by atoms with van der Waals surface area (Å²) in [6.07, 6.45) is 1.78. The van der Waals surface area contributed by atoms with Crippen LogP contribution < -0.4 is 5.32 Å². The van der Waals surface area contributed by atoms with Gasteiger partial charge < -0.3 is 15.5 Å². The summed E-state index contributed by atoms with van der Waals surface area (Å²) in [4.78, 5) is 0. The molecule has 0 aromatic heterocycles.